The van der Waals surface area contributed by atoms with Crippen molar-refractivity contribution in [1.82, 2.24) is 14.8 Å². The summed E-state index contributed by atoms with van der Waals surface area (Å²) in [6.07, 6.45) is 11.6. The van der Waals surface area contributed by atoms with Gasteiger partial charge in [-0.15, -0.1) is 11.8 Å². The molecular formula is C22H22ClFN4O2S. The standard InChI is InChI=1S/C22H22ClFN4O2S/c23-21-18(24)12-17(13-25)22(26-21)31-11-10-27-6-8-28(9-7-27)20-15-29-19(14-30-20)16-4-2-1-3-5-16/h1-2,4,12,14-15H,3,5-11H2. The van der Waals surface area contributed by atoms with Crippen molar-refractivity contribution >= 4 is 23.4 Å². The van der Waals surface area contributed by atoms with E-state index in [0.29, 0.717) is 5.03 Å². The Morgan fingerprint density at radius 1 is 1.23 bits per heavy atom. The van der Waals surface area contributed by atoms with E-state index >= 15 is 0 Å². The minimum absolute atomic E-state index is 0.202. The van der Waals surface area contributed by atoms with Crippen LogP contribution in [0.2, 0.25) is 5.15 Å². The fourth-order valence-electron chi connectivity index (χ4n) is 3.50. The Labute approximate surface area is 190 Å². The molecule has 0 amide bonds. The molecule has 0 bridgehead atoms. The number of ether oxygens (including phenoxy) is 2. The number of piperazine rings is 1. The van der Waals surface area contributed by atoms with Crippen LogP contribution in [0.1, 0.15) is 18.4 Å². The Hall–Kier alpha value is -2.47. The lowest BCUT2D eigenvalue weighted by Crippen LogP contribution is -2.46. The van der Waals surface area contributed by atoms with Crippen molar-refractivity contribution in [2.24, 2.45) is 0 Å². The predicted molar refractivity (Wildman–Crippen MR) is 117 cm³/mol. The Balaban J connectivity index is 1.22. The molecule has 6 nitrogen and oxygen atoms in total. The first-order chi connectivity index (χ1) is 15.1. The highest BCUT2D eigenvalue weighted by molar-refractivity contribution is 7.99. The number of hydrogen-bond acceptors (Lipinski definition) is 7. The van der Waals surface area contributed by atoms with Gasteiger partial charge in [-0.25, -0.2) is 9.37 Å². The van der Waals surface area contributed by atoms with Crippen molar-refractivity contribution in [3.8, 4) is 6.07 Å². The Bertz CT molecular complexity index is 994. The van der Waals surface area contributed by atoms with Gasteiger partial charge in [0.05, 0.1) is 5.56 Å². The van der Waals surface area contributed by atoms with Crippen LogP contribution in [0.3, 0.4) is 0 Å². The lowest BCUT2D eigenvalue weighted by molar-refractivity contribution is 0.0872. The first kappa shape index (κ1) is 21.8. The number of halogens is 2. The zero-order chi connectivity index (χ0) is 21.6. The van der Waals surface area contributed by atoms with Crippen LogP contribution in [0.4, 0.5) is 4.39 Å². The Morgan fingerprint density at radius 2 is 2.06 bits per heavy atom. The van der Waals surface area contributed by atoms with Crippen molar-refractivity contribution in [1.29, 1.82) is 5.26 Å². The number of thioether (sulfide) groups is 1. The maximum absolute atomic E-state index is 13.5. The molecule has 2 aliphatic heterocycles. The summed E-state index contributed by atoms with van der Waals surface area (Å²) in [4.78, 5) is 8.50. The number of rotatable bonds is 6. The molecule has 1 fully saturated rings. The molecule has 3 heterocycles. The number of nitriles is 1. The van der Waals surface area contributed by atoms with E-state index in [-0.39, 0.29) is 10.7 Å². The highest BCUT2D eigenvalue weighted by Crippen LogP contribution is 2.27. The number of allylic oxidation sites excluding steroid dienone is 4. The average Bonchev–Trinajstić information content (AvgIpc) is 2.82. The highest BCUT2D eigenvalue weighted by Gasteiger charge is 2.23. The fraction of sp³-hybridized carbons (Fsp3) is 0.364. The second-order valence-electron chi connectivity index (χ2n) is 7.24. The highest BCUT2D eigenvalue weighted by atomic mass is 35.5. The molecule has 4 rings (SSSR count). The molecule has 1 aromatic heterocycles. The summed E-state index contributed by atoms with van der Waals surface area (Å²) >= 11 is 7.17. The third kappa shape index (κ3) is 5.42. The van der Waals surface area contributed by atoms with Gasteiger partial charge in [0, 0.05) is 38.5 Å². The largest absolute Gasteiger partial charge is 0.456 e. The summed E-state index contributed by atoms with van der Waals surface area (Å²) in [6.45, 7) is 4.27. The Morgan fingerprint density at radius 3 is 2.74 bits per heavy atom. The molecular weight excluding hydrogens is 439 g/mol. The van der Waals surface area contributed by atoms with E-state index in [4.69, 9.17) is 26.3 Å². The van der Waals surface area contributed by atoms with Crippen molar-refractivity contribution in [2.45, 2.75) is 17.9 Å². The molecule has 0 aromatic carbocycles. The molecule has 1 aliphatic carbocycles. The van der Waals surface area contributed by atoms with Gasteiger partial charge in [-0.05, 0) is 24.5 Å². The summed E-state index contributed by atoms with van der Waals surface area (Å²) in [6, 6.07) is 3.11. The normalized spacial score (nSPS) is 19.0. The van der Waals surface area contributed by atoms with Gasteiger partial charge in [-0.3, -0.25) is 4.90 Å². The topological polar surface area (TPSA) is 61.6 Å². The second kappa shape index (κ2) is 10.2. The van der Waals surface area contributed by atoms with E-state index in [9.17, 15) is 4.39 Å². The van der Waals surface area contributed by atoms with Crippen molar-refractivity contribution in [2.75, 3.05) is 38.5 Å². The first-order valence-corrected chi connectivity index (χ1v) is 11.5. The molecule has 0 N–H and O–H groups in total. The van der Waals surface area contributed by atoms with Crippen LogP contribution in [0.5, 0.6) is 0 Å². The summed E-state index contributed by atoms with van der Waals surface area (Å²) in [5.41, 5.74) is 1.36. The predicted octanol–water partition coefficient (Wildman–Crippen LogP) is 4.42. The SMILES string of the molecule is N#Cc1cc(F)c(Cl)nc1SCCN1CCN(C2=COC(C3=CC=CCC3)=CO2)CC1. The molecule has 9 heteroatoms. The van der Waals surface area contributed by atoms with Gasteiger partial charge in [0.1, 0.15) is 17.4 Å². The van der Waals surface area contributed by atoms with Gasteiger partial charge in [0.25, 0.3) is 0 Å². The van der Waals surface area contributed by atoms with E-state index in [1.807, 2.05) is 12.1 Å². The third-order valence-electron chi connectivity index (χ3n) is 5.25. The molecule has 3 aliphatic rings. The zero-order valence-corrected chi connectivity index (χ0v) is 18.5. The molecule has 1 saturated heterocycles. The molecule has 0 radical (unpaired) electrons. The van der Waals surface area contributed by atoms with E-state index in [1.54, 1.807) is 12.5 Å². The fourth-order valence-corrected chi connectivity index (χ4v) is 4.64. The monoisotopic (exact) mass is 460 g/mol. The molecule has 0 unspecified atom stereocenters. The number of nitrogens with zero attached hydrogens (tertiary/aromatic N) is 4. The van der Waals surface area contributed by atoms with Crippen LogP contribution in [-0.2, 0) is 9.47 Å². The Kier molecular flexibility index (Phi) is 7.17. The molecule has 0 saturated carbocycles. The van der Waals surface area contributed by atoms with Crippen molar-refractivity contribution in [3.63, 3.8) is 0 Å². The van der Waals surface area contributed by atoms with Gasteiger partial charge in [0.15, 0.2) is 23.0 Å². The molecule has 0 atom stereocenters. The average molecular weight is 461 g/mol. The summed E-state index contributed by atoms with van der Waals surface area (Å²) in [5, 5.41) is 9.43. The van der Waals surface area contributed by atoms with Crippen LogP contribution in [0.15, 0.2) is 59.1 Å². The van der Waals surface area contributed by atoms with E-state index in [0.717, 1.165) is 74.6 Å². The second-order valence-corrected chi connectivity index (χ2v) is 8.68. The van der Waals surface area contributed by atoms with Crippen LogP contribution >= 0.6 is 23.4 Å². The molecule has 0 spiro atoms. The minimum atomic E-state index is -0.670. The minimum Gasteiger partial charge on any atom is -0.456 e. The first-order valence-electron chi connectivity index (χ1n) is 10.1. The van der Waals surface area contributed by atoms with Gasteiger partial charge < -0.3 is 14.4 Å². The third-order valence-corrected chi connectivity index (χ3v) is 6.49. The van der Waals surface area contributed by atoms with Gasteiger partial charge in [-0.2, -0.15) is 5.26 Å². The van der Waals surface area contributed by atoms with Gasteiger partial charge >= 0.3 is 0 Å². The summed E-state index contributed by atoms with van der Waals surface area (Å²) in [7, 11) is 0. The maximum Gasteiger partial charge on any atom is 0.231 e. The molecule has 162 valence electrons. The smallest absolute Gasteiger partial charge is 0.231 e. The lowest BCUT2D eigenvalue weighted by atomic mass is 10.0. The quantitative estimate of drug-likeness (QED) is 0.460. The van der Waals surface area contributed by atoms with E-state index < -0.39 is 5.82 Å². The number of aromatic nitrogens is 1. The van der Waals surface area contributed by atoms with Crippen LogP contribution in [0.25, 0.3) is 0 Å². The van der Waals surface area contributed by atoms with Crippen molar-refractivity contribution < 1.29 is 13.9 Å². The van der Waals surface area contributed by atoms with Gasteiger partial charge in [-0.1, -0.05) is 29.8 Å². The number of pyridine rings is 1. The summed E-state index contributed by atoms with van der Waals surface area (Å²) < 4.78 is 25.1. The van der Waals surface area contributed by atoms with E-state index in [2.05, 4.69) is 26.9 Å². The van der Waals surface area contributed by atoms with Crippen molar-refractivity contribution in [3.05, 3.63) is 70.6 Å². The van der Waals surface area contributed by atoms with Crippen LogP contribution in [0, 0.1) is 17.1 Å². The van der Waals surface area contributed by atoms with Crippen LogP contribution < -0.4 is 0 Å². The maximum atomic E-state index is 13.5. The van der Waals surface area contributed by atoms with E-state index in [1.165, 1.54) is 11.8 Å². The van der Waals surface area contributed by atoms with Gasteiger partial charge in [0.2, 0.25) is 5.88 Å². The summed E-state index contributed by atoms with van der Waals surface area (Å²) in [5.74, 6) is 1.57. The molecule has 1 aromatic rings. The molecule has 31 heavy (non-hydrogen) atoms. The van der Waals surface area contributed by atoms with Crippen LogP contribution in [-0.4, -0.2) is 53.3 Å². The number of hydrogen-bond donors (Lipinski definition) is 0. The lowest BCUT2D eigenvalue weighted by Gasteiger charge is -2.36. The zero-order valence-electron chi connectivity index (χ0n) is 16.9.